The molecule has 2 rings (SSSR count). The summed E-state index contributed by atoms with van der Waals surface area (Å²) in [5.41, 5.74) is 5.84. The summed E-state index contributed by atoms with van der Waals surface area (Å²) in [4.78, 5) is 16.3. The highest BCUT2D eigenvalue weighted by Crippen LogP contribution is 2.35. The van der Waals surface area contributed by atoms with E-state index in [1.807, 2.05) is 31.4 Å². The molecule has 1 aromatic heterocycles. The van der Waals surface area contributed by atoms with Gasteiger partial charge < -0.3 is 9.40 Å². The van der Waals surface area contributed by atoms with Gasteiger partial charge in [-0.15, -0.1) is 0 Å². The van der Waals surface area contributed by atoms with Gasteiger partial charge in [0.15, 0.2) is 5.75 Å². The zero-order chi connectivity index (χ0) is 15.6. The third-order valence-electron chi connectivity index (χ3n) is 3.33. The zero-order valence-electron chi connectivity index (χ0n) is 13.2. The van der Waals surface area contributed by atoms with Crippen molar-refractivity contribution in [3.05, 3.63) is 42.1 Å². The van der Waals surface area contributed by atoms with Crippen LogP contribution in [0, 0.1) is 0 Å². The summed E-state index contributed by atoms with van der Waals surface area (Å²) in [5.74, 6) is 0.393. The minimum absolute atomic E-state index is 0.0200. The van der Waals surface area contributed by atoms with Crippen molar-refractivity contribution in [2.75, 3.05) is 0 Å². The summed E-state index contributed by atoms with van der Waals surface area (Å²) in [6, 6.07) is 9.99. The van der Waals surface area contributed by atoms with Crippen LogP contribution in [-0.2, 0) is 17.3 Å². The quantitative estimate of drug-likeness (QED) is 0.879. The second-order valence-corrected chi connectivity index (χ2v) is 6.22. The molecule has 0 atom stereocenters. The topological polar surface area (TPSA) is 43.3 Å². The number of nitrogens with one attached hydrogen (secondary N) is 1. The van der Waals surface area contributed by atoms with Gasteiger partial charge in [-0.25, -0.2) is 0 Å². The van der Waals surface area contributed by atoms with Crippen LogP contribution >= 0.6 is 0 Å². The Bertz CT molecular complexity index is 651. The number of amides is 1. The van der Waals surface area contributed by atoms with Crippen LogP contribution in [-0.4, -0.2) is 10.5 Å². The number of hydrogen-bond acceptors (Lipinski definition) is 2. The van der Waals surface area contributed by atoms with Crippen molar-refractivity contribution in [3.63, 3.8) is 0 Å². The minimum atomic E-state index is -0.227. The van der Waals surface area contributed by atoms with E-state index in [-0.39, 0.29) is 11.3 Å². The summed E-state index contributed by atoms with van der Waals surface area (Å²) < 4.78 is 2.08. The molecule has 1 heterocycles. The number of hydroxylamine groups is 1. The maximum Gasteiger partial charge on any atom is 0.249 e. The maximum atomic E-state index is 11.0. The van der Waals surface area contributed by atoms with Gasteiger partial charge in [0.05, 0.1) is 0 Å². The lowest BCUT2D eigenvalue weighted by atomic mass is 9.83. The molecular formula is C17H22N2O2. The van der Waals surface area contributed by atoms with Gasteiger partial charge in [0, 0.05) is 31.4 Å². The van der Waals surface area contributed by atoms with Crippen LogP contribution in [0.1, 0.15) is 33.3 Å². The maximum absolute atomic E-state index is 11.0. The smallest absolute Gasteiger partial charge is 0.249 e. The van der Waals surface area contributed by atoms with E-state index in [0.29, 0.717) is 5.75 Å². The minimum Gasteiger partial charge on any atom is -0.380 e. The van der Waals surface area contributed by atoms with Gasteiger partial charge in [-0.3, -0.25) is 4.79 Å². The molecule has 0 saturated carbocycles. The molecule has 2 aromatic rings. The Hall–Kier alpha value is -2.23. The number of carbonyl (C=O) groups excluding carboxylic acids is 1. The van der Waals surface area contributed by atoms with Crippen LogP contribution in [0.2, 0.25) is 0 Å². The lowest BCUT2D eigenvalue weighted by Crippen LogP contribution is -2.24. The molecule has 1 aromatic carbocycles. The van der Waals surface area contributed by atoms with Gasteiger partial charge in [-0.1, -0.05) is 26.8 Å². The van der Waals surface area contributed by atoms with Crippen molar-refractivity contribution < 1.29 is 9.63 Å². The van der Waals surface area contributed by atoms with Gasteiger partial charge in [-0.2, -0.15) is 5.48 Å². The summed E-state index contributed by atoms with van der Waals surface area (Å²) in [6.07, 6.45) is 2.02. The summed E-state index contributed by atoms with van der Waals surface area (Å²) in [5, 5.41) is 0. The van der Waals surface area contributed by atoms with Crippen molar-refractivity contribution in [2.45, 2.75) is 33.1 Å². The molecule has 0 aliphatic heterocycles. The highest BCUT2D eigenvalue weighted by Gasteiger charge is 2.20. The van der Waals surface area contributed by atoms with Gasteiger partial charge >= 0.3 is 0 Å². The third kappa shape index (κ3) is 3.45. The zero-order valence-corrected chi connectivity index (χ0v) is 13.2. The van der Waals surface area contributed by atoms with Crippen molar-refractivity contribution in [3.8, 4) is 17.0 Å². The summed E-state index contributed by atoms with van der Waals surface area (Å²) in [6.45, 7) is 7.97. The fraction of sp³-hybridized carbons (Fsp3) is 0.353. The fourth-order valence-electron chi connectivity index (χ4n) is 2.32. The van der Waals surface area contributed by atoms with E-state index in [1.165, 1.54) is 12.5 Å². The molecule has 4 heteroatoms. The number of hydrogen-bond donors (Lipinski definition) is 1. The van der Waals surface area contributed by atoms with Gasteiger partial charge in [0.1, 0.15) is 0 Å². The van der Waals surface area contributed by atoms with Crippen LogP contribution in [0.4, 0.5) is 0 Å². The van der Waals surface area contributed by atoms with Gasteiger partial charge in [0.25, 0.3) is 0 Å². The van der Waals surface area contributed by atoms with Crippen molar-refractivity contribution >= 4 is 5.91 Å². The average Bonchev–Trinajstić information content (AvgIpc) is 2.81. The lowest BCUT2D eigenvalue weighted by Gasteiger charge is -2.24. The number of benzene rings is 1. The fourth-order valence-corrected chi connectivity index (χ4v) is 2.32. The summed E-state index contributed by atoms with van der Waals surface area (Å²) >= 11 is 0. The van der Waals surface area contributed by atoms with E-state index >= 15 is 0 Å². The molecule has 0 saturated heterocycles. The van der Waals surface area contributed by atoms with Gasteiger partial charge in [-0.05, 0) is 35.2 Å². The molecule has 112 valence electrons. The van der Waals surface area contributed by atoms with E-state index in [0.717, 1.165) is 11.3 Å². The Balaban J connectivity index is 2.49. The van der Waals surface area contributed by atoms with E-state index < -0.39 is 0 Å². The highest BCUT2D eigenvalue weighted by atomic mass is 16.7. The Morgan fingerprint density at radius 1 is 1.24 bits per heavy atom. The molecule has 0 aliphatic rings. The molecule has 0 bridgehead atoms. The van der Waals surface area contributed by atoms with E-state index in [2.05, 4.69) is 43.0 Å². The molecule has 0 fully saturated rings. The second-order valence-electron chi connectivity index (χ2n) is 6.22. The van der Waals surface area contributed by atoms with E-state index in [4.69, 9.17) is 4.84 Å². The molecule has 4 nitrogen and oxygen atoms in total. The number of rotatable bonds is 3. The first-order valence-corrected chi connectivity index (χ1v) is 6.98. The van der Waals surface area contributed by atoms with Crippen LogP contribution in [0.5, 0.6) is 5.75 Å². The molecule has 0 aliphatic carbocycles. The molecule has 0 spiro atoms. The highest BCUT2D eigenvalue weighted by molar-refractivity contribution is 5.72. The first kappa shape index (κ1) is 15.2. The van der Waals surface area contributed by atoms with Crippen LogP contribution in [0.25, 0.3) is 11.3 Å². The Labute approximate surface area is 125 Å². The Morgan fingerprint density at radius 3 is 2.48 bits per heavy atom. The predicted octanol–water partition coefficient (Wildman–Crippen LogP) is 3.42. The third-order valence-corrected chi connectivity index (χ3v) is 3.33. The number of nitrogens with zero attached hydrogens (tertiary/aromatic N) is 1. The molecule has 1 N–H and O–H groups in total. The average molecular weight is 286 g/mol. The summed E-state index contributed by atoms with van der Waals surface area (Å²) in [7, 11) is 2.02. The normalized spacial score (nSPS) is 11.3. The van der Waals surface area contributed by atoms with Crippen molar-refractivity contribution in [1.82, 2.24) is 10.0 Å². The Morgan fingerprint density at radius 2 is 1.95 bits per heavy atom. The van der Waals surface area contributed by atoms with E-state index in [9.17, 15) is 4.79 Å². The number of aromatic nitrogens is 1. The van der Waals surface area contributed by atoms with Crippen molar-refractivity contribution in [2.24, 2.45) is 7.05 Å². The standard InChI is InChI=1S/C17H22N2O2/c1-12(20)18-21-13-8-9-15(17(2,3)4)14(11-13)16-7-6-10-19(16)5/h6-11H,1-5H3,(H,18,20). The second kappa shape index (κ2) is 5.64. The van der Waals surface area contributed by atoms with Crippen LogP contribution in [0.3, 0.4) is 0 Å². The van der Waals surface area contributed by atoms with Gasteiger partial charge in [0.2, 0.25) is 5.91 Å². The largest absolute Gasteiger partial charge is 0.380 e. The molecule has 21 heavy (non-hydrogen) atoms. The first-order chi connectivity index (χ1) is 9.79. The SMILES string of the molecule is CC(=O)NOc1ccc(C(C)(C)C)c(-c2cccn2C)c1. The van der Waals surface area contributed by atoms with Crippen LogP contribution in [0.15, 0.2) is 36.5 Å². The van der Waals surface area contributed by atoms with Crippen LogP contribution < -0.4 is 10.3 Å². The lowest BCUT2D eigenvalue weighted by molar-refractivity contribution is -0.125. The van der Waals surface area contributed by atoms with Crippen molar-refractivity contribution in [1.29, 1.82) is 0 Å². The first-order valence-electron chi connectivity index (χ1n) is 6.98. The monoisotopic (exact) mass is 286 g/mol. The van der Waals surface area contributed by atoms with E-state index in [1.54, 1.807) is 0 Å². The number of carbonyl (C=O) groups is 1. The molecular weight excluding hydrogens is 264 g/mol. The predicted molar refractivity (Wildman–Crippen MR) is 84.0 cm³/mol. The Kier molecular flexibility index (Phi) is 4.07. The number of aryl methyl sites for hydroxylation is 1. The molecule has 0 unspecified atom stereocenters. The molecule has 0 radical (unpaired) electrons. The molecule has 1 amide bonds.